The lowest BCUT2D eigenvalue weighted by molar-refractivity contribution is -0.330. The third-order valence-corrected chi connectivity index (χ3v) is 3.54. The monoisotopic (exact) mass is 383 g/mol. The van der Waals surface area contributed by atoms with Crippen LogP contribution in [0.2, 0.25) is 0 Å². The topological polar surface area (TPSA) is 83.5 Å². The van der Waals surface area contributed by atoms with E-state index in [2.05, 4.69) is 20.4 Å². The lowest BCUT2D eigenvalue weighted by atomic mass is 10.2. The Morgan fingerprint density at radius 3 is 2.56 bits per heavy atom. The Kier molecular flexibility index (Phi) is 7.56. The number of alkyl halides is 3. The van der Waals surface area contributed by atoms with Crippen LogP contribution in [0, 0.1) is 0 Å². The van der Waals surface area contributed by atoms with Crippen molar-refractivity contribution in [2.45, 2.75) is 25.8 Å². The van der Waals surface area contributed by atoms with Crippen molar-refractivity contribution in [3.63, 3.8) is 0 Å². The fourth-order valence-corrected chi connectivity index (χ4v) is 2.22. The summed E-state index contributed by atoms with van der Waals surface area (Å²) in [6.45, 7) is 0.0647. The first-order valence-corrected chi connectivity index (χ1v) is 8.30. The fraction of sp³-hybridized carbons (Fsp3) is 0.333. The van der Waals surface area contributed by atoms with E-state index in [9.17, 15) is 18.0 Å². The van der Waals surface area contributed by atoms with Gasteiger partial charge in [0.2, 0.25) is 0 Å². The Morgan fingerprint density at radius 1 is 1.15 bits per heavy atom. The number of aliphatic hydroxyl groups excluding tert-OH is 1. The van der Waals surface area contributed by atoms with Gasteiger partial charge in [0.1, 0.15) is 5.82 Å². The molecule has 0 unspecified atom stereocenters. The maximum atomic E-state index is 12.5. The number of pyridine rings is 1. The first kappa shape index (κ1) is 20.7. The van der Waals surface area contributed by atoms with Gasteiger partial charge >= 0.3 is 6.36 Å². The summed E-state index contributed by atoms with van der Waals surface area (Å²) in [5, 5.41) is 14.5. The van der Waals surface area contributed by atoms with Crippen LogP contribution in [0.3, 0.4) is 0 Å². The molecule has 1 aromatic heterocycles. The van der Waals surface area contributed by atoms with E-state index in [1.807, 2.05) is 0 Å². The molecule has 2 aromatic rings. The minimum Gasteiger partial charge on any atom is -0.396 e. The van der Waals surface area contributed by atoms with Crippen LogP contribution in [0.15, 0.2) is 42.6 Å². The molecule has 0 fully saturated rings. The van der Waals surface area contributed by atoms with E-state index in [0.717, 1.165) is 6.42 Å². The summed E-state index contributed by atoms with van der Waals surface area (Å²) in [6, 6.07) is 9.13. The van der Waals surface area contributed by atoms with Crippen LogP contribution in [0.4, 0.5) is 24.7 Å². The van der Waals surface area contributed by atoms with Crippen molar-refractivity contribution in [1.82, 2.24) is 4.98 Å². The van der Waals surface area contributed by atoms with Gasteiger partial charge in [-0.05, 0) is 42.7 Å². The highest BCUT2D eigenvalue weighted by Gasteiger charge is 2.28. The summed E-state index contributed by atoms with van der Waals surface area (Å²) in [4.78, 5) is 16.6. The van der Waals surface area contributed by atoms with Crippen molar-refractivity contribution in [2.24, 2.45) is 0 Å². The smallest absolute Gasteiger partial charge is 0.396 e. The summed E-state index contributed by atoms with van der Waals surface area (Å²) in [5.74, 6) is 0.0233. The average molecular weight is 383 g/mol. The molecule has 2 rings (SSSR count). The number of aromatic nitrogens is 1. The van der Waals surface area contributed by atoms with Crippen molar-refractivity contribution in [3.8, 4) is 0 Å². The lowest BCUT2D eigenvalue weighted by Crippen LogP contribution is -2.16. The summed E-state index contributed by atoms with van der Waals surface area (Å²) >= 11 is 0. The molecule has 0 radical (unpaired) electrons. The zero-order valence-corrected chi connectivity index (χ0v) is 14.4. The zero-order valence-electron chi connectivity index (χ0n) is 14.4. The van der Waals surface area contributed by atoms with Gasteiger partial charge in [-0.1, -0.05) is 12.1 Å². The van der Waals surface area contributed by atoms with E-state index in [1.54, 1.807) is 18.3 Å². The number of rotatable bonds is 9. The Labute approximate surface area is 154 Å². The van der Waals surface area contributed by atoms with Gasteiger partial charge in [-0.3, -0.25) is 9.53 Å². The van der Waals surface area contributed by atoms with Crippen LogP contribution in [0.5, 0.6) is 0 Å². The third kappa shape index (κ3) is 7.24. The third-order valence-electron chi connectivity index (χ3n) is 3.54. The van der Waals surface area contributed by atoms with Crippen molar-refractivity contribution in [3.05, 3.63) is 53.7 Å². The maximum absolute atomic E-state index is 12.5. The summed E-state index contributed by atoms with van der Waals surface area (Å²) in [5.41, 5.74) is 1.11. The molecule has 0 saturated carbocycles. The second-order valence-corrected chi connectivity index (χ2v) is 5.64. The lowest BCUT2D eigenvalue weighted by Gasteiger charge is -2.12. The van der Waals surface area contributed by atoms with Crippen molar-refractivity contribution in [1.29, 1.82) is 0 Å². The molecule has 0 aliphatic carbocycles. The molecular weight excluding hydrogens is 363 g/mol. The number of halogens is 3. The number of amides is 1. The molecule has 1 amide bonds. The van der Waals surface area contributed by atoms with Gasteiger partial charge in [0.05, 0.1) is 12.2 Å². The summed E-state index contributed by atoms with van der Waals surface area (Å²) < 4.78 is 39.9. The van der Waals surface area contributed by atoms with E-state index in [0.29, 0.717) is 35.6 Å². The van der Waals surface area contributed by atoms with Crippen LogP contribution >= 0.6 is 0 Å². The molecule has 3 N–H and O–H groups in total. The van der Waals surface area contributed by atoms with E-state index in [1.165, 1.54) is 24.3 Å². The van der Waals surface area contributed by atoms with Gasteiger partial charge in [0.15, 0.2) is 0 Å². The van der Waals surface area contributed by atoms with E-state index in [4.69, 9.17) is 5.11 Å². The van der Waals surface area contributed by atoms with Gasteiger partial charge in [-0.15, -0.1) is 13.2 Å². The minimum absolute atomic E-state index is 0.0985. The molecule has 0 spiro atoms. The number of aliphatic hydroxyl groups is 1. The molecule has 146 valence electrons. The standard InChI is InChI=1S/C18H20F3N3O3/c19-18(20,21)27-12-13-5-7-14(8-6-13)24-17(26)15-4-3-10-23-16(15)22-9-1-2-11-25/h3-8,10,25H,1-2,9,11-12H2,(H,22,23)(H,24,26). The molecule has 27 heavy (non-hydrogen) atoms. The van der Waals surface area contributed by atoms with Gasteiger partial charge in [-0.2, -0.15) is 0 Å². The zero-order chi connectivity index (χ0) is 19.7. The second kappa shape index (κ2) is 9.89. The number of hydrogen-bond donors (Lipinski definition) is 3. The molecule has 0 aliphatic heterocycles. The molecule has 0 aliphatic rings. The Balaban J connectivity index is 1.96. The molecule has 1 heterocycles. The van der Waals surface area contributed by atoms with Crippen LogP contribution < -0.4 is 10.6 Å². The Bertz CT molecular complexity index is 737. The molecule has 0 bridgehead atoms. The Hall–Kier alpha value is -2.65. The van der Waals surface area contributed by atoms with Crippen LogP contribution in [0.25, 0.3) is 0 Å². The average Bonchev–Trinajstić information content (AvgIpc) is 2.64. The highest BCUT2D eigenvalue weighted by atomic mass is 19.4. The Morgan fingerprint density at radius 2 is 1.89 bits per heavy atom. The minimum atomic E-state index is -4.69. The van der Waals surface area contributed by atoms with E-state index >= 15 is 0 Å². The quantitative estimate of drug-likeness (QED) is 0.577. The van der Waals surface area contributed by atoms with Gasteiger partial charge in [0, 0.05) is 25.0 Å². The largest absolute Gasteiger partial charge is 0.522 e. The second-order valence-electron chi connectivity index (χ2n) is 5.64. The number of anilines is 2. The van der Waals surface area contributed by atoms with Gasteiger partial charge in [-0.25, -0.2) is 4.98 Å². The first-order valence-electron chi connectivity index (χ1n) is 8.30. The van der Waals surface area contributed by atoms with Crippen molar-refractivity contribution >= 4 is 17.4 Å². The van der Waals surface area contributed by atoms with E-state index in [-0.39, 0.29) is 6.61 Å². The SMILES string of the molecule is O=C(Nc1ccc(COC(F)(F)F)cc1)c1cccnc1NCCCCO. The maximum Gasteiger partial charge on any atom is 0.522 e. The highest BCUT2D eigenvalue weighted by Crippen LogP contribution is 2.20. The number of hydrogen-bond acceptors (Lipinski definition) is 5. The summed E-state index contributed by atoms with van der Waals surface area (Å²) in [7, 11) is 0. The predicted octanol–water partition coefficient (Wildman–Crippen LogP) is 3.55. The van der Waals surface area contributed by atoms with Crippen LogP contribution in [0.1, 0.15) is 28.8 Å². The van der Waals surface area contributed by atoms with Crippen LogP contribution in [-0.2, 0) is 11.3 Å². The molecule has 0 atom stereocenters. The van der Waals surface area contributed by atoms with Gasteiger partial charge < -0.3 is 15.7 Å². The number of nitrogens with zero attached hydrogens (tertiary/aromatic N) is 1. The number of nitrogens with one attached hydrogen (secondary N) is 2. The first-order chi connectivity index (χ1) is 12.9. The highest BCUT2D eigenvalue weighted by molar-refractivity contribution is 6.07. The van der Waals surface area contributed by atoms with Gasteiger partial charge in [0.25, 0.3) is 5.91 Å². The fourth-order valence-electron chi connectivity index (χ4n) is 2.22. The number of unbranched alkanes of at least 4 members (excludes halogenated alkanes) is 1. The number of ether oxygens (including phenoxy) is 1. The number of carbonyl (C=O) groups excluding carboxylic acids is 1. The normalized spacial score (nSPS) is 11.3. The molecular formula is C18H20F3N3O3. The molecule has 0 saturated heterocycles. The summed E-state index contributed by atoms with van der Waals surface area (Å²) in [6.07, 6.45) is -1.75. The number of carbonyl (C=O) groups is 1. The molecule has 9 heteroatoms. The molecule has 1 aromatic carbocycles. The molecule has 6 nitrogen and oxygen atoms in total. The predicted molar refractivity (Wildman–Crippen MR) is 94.3 cm³/mol. The van der Waals surface area contributed by atoms with E-state index < -0.39 is 18.9 Å². The number of benzene rings is 1. The van der Waals surface area contributed by atoms with Crippen molar-refractivity contribution < 1.29 is 27.8 Å². The van der Waals surface area contributed by atoms with Crippen LogP contribution in [-0.4, -0.2) is 35.5 Å². The van der Waals surface area contributed by atoms with Crippen molar-refractivity contribution in [2.75, 3.05) is 23.8 Å².